The number of aromatic nitrogens is 5. The van der Waals surface area contributed by atoms with Crippen LogP contribution in [0.3, 0.4) is 0 Å². The molecule has 1 aromatic carbocycles. The Labute approximate surface area is 206 Å². The first-order valence-electron chi connectivity index (χ1n) is 11.8. The summed E-state index contributed by atoms with van der Waals surface area (Å²) in [5, 5.41) is 24.3. The minimum atomic E-state index is -1.16. The number of aliphatic hydroxyl groups is 2. The maximum atomic E-state index is 10.7. The van der Waals surface area contributed by atoms with Gasteiger partial charge in [-0.05, 0) is 32.4 Å². The number of rotatable bonds is 5. The number of nitrogens with zero attached hydrogens (tertiary/aromatic N) is 5. The van der Waals surface area contributed by atoms with Crippen LogP contribution in [-0.4, -0.2) is 78.6 Å². The number of aliphatic hydroxyl groups excluding tert-OH is 2. The first-order chi connectivity index (χ1) is 17.4. The van der Waals surface area contributed by atoms with Crippen LogP contribution in [0.4, 0.5) is 6.01 Å². The molecule has 6 rings (SSSR count). The van der Waals surface area contributed by atoms with Crippen LogP contribution in [-0.2, 0) is 14.3 Å². The summed E-state index contributed by atoms with van der Waals surface area (Å²) < 4.78 is 18.8. The molecule has 12 heteroatoms. The number of imidazole rings is 1. The van der Waals surface area contributed by atoms with E-state index in [0.29, 0.717) is 36.0 Å². The lowest BCUT2D eigenvalue weighted by Gasteiger charge is -2.16. The van der Waals surface area contributed by atoms with Crippen molar-refractivity contribution in [2.24, 2.45) is 0 Å². The summed E-state index contributed by atoms with van der Waals surface area (Å²) in [6.07, 6.45) is 0.132. The van der Waals surface area contributed by atoms with E-state index in [2.05, 4.69) is 25.3 Å². The molecule has 3 N–H and O–H groups in total. The van der Waals surface area contributed by atoms with Gasteiger partial charge in [-0.25, -0.2) is 15.0 Å². The van der Waals surface area contributed by atoms with Gasteiger partial charge >= 0.3 is 0 Å². The molecule has 2 aliphatic heterocycles. The lowest BCUT2D eigenvalue weighted by atomic mass is 10.0. The van der Waals surface area contributed by atoms with Gasteiger partial charge in [0.2, 0.25) is 0 Å². The average Bonchev–Trinajstić information content (AvgIpc) is 3.65. The average molecular weight is 497 g/mol. The molecule has 1 unspecified atom stereocenters. The Morgan fingerprint density at radius 1 is 1.17 bits per heavy atom. The van der Waals surface area contributed by atoms with Gasteiger partial charge in [-0.15, -0.1) is 0 Å². The molecule has 2 saturated heterocycles. The Morgan fingerprint density at radius 2 is 1.97 bits per heavy atom. The predicted molar refractivity (Wildman–Crippen MR) is 128 cm³/mol. The number of oxazole rings is 1. The first kappa shape index (κ1) is 24.3. The van der Waals surface area contributed by atoms with Crippen LogP contribution in [0.5, 0.6) is 0 Å². The molecule has 4 aromatic rings. The monoisotopic (exact) mass is 496 g/mol. The van der Waals surface area contributed by atoms with Crippen LogP contribution in [0, 0.1) is 0 Å². The minimum absolute atomic E-state index is 0.164. The molecule has 190 valence electrons. The van der Waals surface area contributed by atoms with Gasteiger partial charge in [0.15, 0.2) is 17.5 Å². The van der Waals surface area contributed by atoms with Crippen molar-refractivity contribution in [3.63, 3.8) is 0 Å². The smallest absolute Gasteiger partial charge is 0.295 e. The number of carbonyl (C=O) groups is 1. The highest BCUT2D eigenvalue weighted by molar-refractivity contribution is 5.74. The number of nitrogens with one attached hydrogen (secondary N) is 1. The highest BCUT2D eigenvalue weighted by Crippen LogP contribution is 2.34. The van der Waals surface area contributed by atoms with Crippen molar-refractivity contribution in [1.82, 2.24) is 24.5 Å². The van der Waals surface area contributed by atoms with Gasteiger partial charge in [0.25, 0.3) is 6.01 Å². The second kappa shape index (κ2) is 10.3. The number of para-hydroxylation sites is 2. The van der Waals surface area contributed by atoms with Gasteiger partial charge in [0.1, 0.15) is 41.5 Å². The van der Waals surface area contributed by atoms with E-state index in [1.165, 1.54) is 20.2 Å². The molecule has 5 atom stereocenters. The molecule has 0 saturated carbocycles. The molecule has 0 spiro atoms. The lowest BCUT2D eigenvalue weighted by molar-refractivity contribution is -0.115. The third kappa shape index (κ3) is 4.80. The number of anilines is 1. The largest absolute Gasteiger partial charge is 0.424 e. The Morgan fingerprint density at radius 3 is 2.72 bits per heavy atom. The van der Waals surface area contributed by atoms with E-state index in [1.54, 1.807) is 10.9 Å². The van der Waals surface area contributed by atoms with Gasteiger partial charge in [0.05, 0.1) is 18.6 Å². The highest BCUT2D eigenvalue weighted by atomic mass is 16.6. The summed E-state index contributed by atoms with van der Waals surface area (Å²) in [4.78, 5) is 27.0. The van der Waals surface area contributed by atoms with Crippen LogP contribution >= 0.6 is 0 Å². The predicted octanol–water partition coefficient (Wildman–Crippen LogP) is 1.80. The number of ketones is 1. The fourth-order valence-corrected chi connectivity index (χ4v) is 4.37. The van der Waals surface area contributed by atoms with E-state index in [0.717, 1.165) is 17.6 Å². The van der Waals surface area contributed by atoms with E-state index in [-0.39, 0.29) is 18.2 Å². The van der Waals surface area contributed by atoms with Crippen LogP contribution in [0.25, 0.3) is 22.3 Å². The van der Waals surface area contributed by atoms with Gasteiger partial charge < -0.3 is 34.2 Å². The summed E-state index contributed by atoms with van der Waals surface area (Å²) in [7, 11) is 0. The summed E-state index contributed by atoms with van der Waals surface area (Å²) in [6, 6.07) is 7.74. The molecule has 12 nitrogen and oxygen atoms in total. The van der Waals surface area contributed by atoms with Crippen molar-refractivity contribution in [2.75, 3.05) is 25.1 Å². The van der Waals surface area contributed by atoms with Crippen LogP contribution < -0.4 is 5.32 Å². The minimum Gasteiger partial charge on any atom is -0.424 e. The van der Waals surface area contributed by atoms with E-state index in [4.69, 9.17) is 13.9 Å². The first-order valence-corrected chi connectivity index (χ1v) is 11.8. The SMILES string of the molecule is CC(C)=O.O[C@@H]1[C@H](O)[C@H](n2cnc3c(C4CCOC4)ncnc32)O[C@@H]1CNc1nc2ccccc2o1. The number of Topliss-reactive ketones (excluding diaryl/α,β-unsaturated/α-hetero) is 1. The molecule has 36 heavy (non-hydrogen) atoms. The van der Waals surface area contributed by atoms with E-state index >= 15 is 0 Å². The fourth-order valence-electron chi connectivity index (χ4n) is 4.37. The number of ether oxygens (including phenoxy) is 2. The molecule has 2 aliphatic rings. The van der Waals surface area contributed by atoms with E-state index in [1.807, 2.05) is 24.3 Å². The topological polar surface area (TPSA) is 158 Å². The van der Waals surface area contributed by atoms with Crippen molar-refractivity contribution < 1.29 is 28.9 Å². The van der Waals surface area contributed by atoms with Crippen molar-refractivity contribution in [3.05, 3.63) is 42.6 Å². The fraction of sp³-hybridized carbons (Fsp3) is 0.458. The quantitative estimate of drug-likeness (QED) is 0.370. The van der Waals surface area contributed by atoms with Crippen molar-refractivity contribution >= 4 is 34.1 Å². The Balaban J connectivity index is 0.000000623. The number of carbonyl (C=O) groups excluding carboxylic acids is 1. The van der Waals surface area contributed by atoms with Gasteiger partial charge in [-0.1, -0.05) is 12.1 Å². The third-order valence-electron chi connectivity index (χ3n) is 6.06. The van der Waals surface area contributed by atoms with Crippen LogP contribution in [0.2, 0.25) is 0 Å². The van der Waals surface area contributed by atoms with Crippen molar-refractivity contribution in [3.8, 4) is 0 Å². The summed E-state index contributed by atoms with van der Waals surface area (Å²) in [6.45, 7) is 4.56. The molecule has 0 aliphatic carbocycles. The molecule has 5 heterocycles. The zero-order valence-electron chi connectivity index (χ0n) is 19.9. The normalized spacial score (nSPS) is 25.7. The maximum Gasteiger partial charge on any atom is 0.295 e. The standard InChI is InChI=1S/C21H22N6O5.C3H6O/c28-17-14(7-22-21-26-12-3-1-2-4-13(12)32-21)31-20(18(17)29)27-10-25-16-15(11-5-6-30-8-11)23-9-24-19(16)27;1-3(2)4/h1-4,9-11,14,17-18,20,28-29H,5-8H2,(H,22,26);1-2H3/t11?,14-,17+,18+,20-;/m1./s1. The molecule has 0 radical (unpaired) electrons. The number of hydrogen-bond donors (Lipinski definition) is 3. The summed E-state index contributed by atoms with van der Waals surface area (Å²) in [5.41, 5.74) is 3.42. The van der Waals surface area contributed by atoms with E-state index < -0.39 is 24.5 Å². The van der Waals surface area contributed by atoms with Gasteiger partial charge in [0, 0.05) is 19.1 Å². The zero-order valence-corrected chi connectivity index (χ0v) is 19.9. The molecule has 2 fully saturated rings. The van der Waals surface area contributed by atoms with E-state index in [9.17, 15) is 15.0 Å². The Bertz CT molecular complexity index is 1310. The highest BCUT2D eigenvalue weighted by Gasteiger charge is 2.44. The Kier molecular flexibility index (Phi) is 6.92. The second-order valence-electron chi connectivity index (χ2n) is 8.97. The van der Waals surface area contributed by atoms with Gasteiger partial charge in [-0.3, -0.25) is 4.57 Å². The number of hydrogen-bond acceptors (Lipinski definition) is 11. The molecule has 0 amide bonds. The molecule has 0 bridgehead atoms. The summed E-state index contributed by atoms with van der Waals surface area (Å²) >= 11 is 0. The van der Waals surface area contributed by atoms with Gasteiger partial charge in [-0.2, -0.15) is 4.98 Å². The molecular weight excluding hydrogens is 468 g/mol. The second-order valence-corrected chi connectivity index (χ2v) is 8.97. The third-order valence-corrected chi connectivity index (χ3v) is 6.06. The number of benzene rings is 1. The molecule has 3 aromatic heterocycles. The van der Waals surface area contributed by atoms with Crippen molar-refractivity contribution in [2.45, 2.75) is 50.7 Å². The van der Waals surface area contributed by atoms with Crippen LogP contribution in [0.1, 0.15) is 38.1 Å². The summed E-state index contributed by atoms with van der Waals surface area (Å²) in [5.74, 6) is 0.331. The maximum absolute atomic E-state index is 10.7. The Hall–Kier alpha value is -3.45. The lowest BCUT2D eigenvalue weighted by Crippen LogP contribution is -2.35. The zero-order chi connectivity index (χ0) is 25.2. The van der Waals surface area contributed by atoms with Crippen LogP contribution in [0.15, 0.2) is 41.3 Å². The molecular formula is C24H28N6O6. The number of fused-ring (bicyclic) bond motifs is 2. The van der Waals surface area contributed by atoms with Crippen molar-refractivity contribution in [1.29, 1.82) is 0 Å².